The van der Waals surface area contributed by atoms with Gasteiger partial charge in [0.2, 0.25) is 0 Å². The van der Waals surface area contributed by atoms with Gasteiger partial charge in [-0.1, -0.05) is 6.07 Å². The molecule has 0 radical (unpaired) electrons. The number of hydrazine groups is 1. The highest BCUT2D eigenvalue weighted by atomic mass is 79.9. The summed E-state index contributed by atoms with van der Waals surface area (Å²) in [5.41, 5.74) is 3.76. The lowest BCUT2D eigenvalue weighted by Crippen LogP contribution is -2.31. The van der Waals surface area contributed by atoms with Crippen molar-refractivity contribution in [1.29, 1.82) is 0 Å². The standard InChI is InChI=1S/C11H10Br2F2N4/c1-19-11(6(12)4-17-19)10(18-16)5-2-3-7(14)9(15)8(5)13/h2-4,10,18H,16H2,1H3. The van der Waals surface area contributed by atoms with Gasteiger partial charge in [-0.3, -0.25) is 10.5 Å². The first-order valence-electron chi connectivity index (χ1n) is 5.24. The molecule has 4 nitrogen and oxygen atoms in total. The molecule has 3 N–H and O–H groups in total. The minimum absolute atomic E-state index is 0.0311. The fourth-order valence-corrected chi connectivity index (χ4v) is 2.95. The zero-order valence-electron chi connectivity index (χ0n) is 9.79. The Hall–Kier alpha value is -0.830. The summed E-state index contributed by atoms with van der Waals surface area (Å²) in [5.74, 6) is 3.67. The van der Waals surface area contributed by atoms with E-state index in [1.54, 1.807) is 17.9 Å². The first-order valence-corrected chi connectivity index (χ1v) is 6.83. The van der Waals surface area contributed by atoms with Gasteiger partial charge in [-0.25, -0.2) is 14.2 Å². The van der Waals surface area contributed by atoms with Gasteiger partial charge >= 0.3 is 0 Å². The molecule has 1 aromatic carbocycles. The second-order valence-corrected chi connectivity index (χ2v) is 5.51. The highest BCUT2D eigenvalue weighted by Gasteiger charge is 2.24. The third-order valence-electron chi connectivity index (χ3n) is 2.75. The summed E-state index contributed by atoms with van der Waals surface area (Å²) >= 11 is 6.40. The van der Waals surface area contributed by atoms with E-state index in [2.05, 4.69) is 42.4 Å². The Bertz CT molecular complexity index is 595. The number of hydrogen-bond donors (Lipinski definition) is 2. The van der Waals surface area contributed by atoms with Crippen LogP contribution in [0, 0.1) is 11.6 Å². The predicted octanol–water partition coefficient (Wildman–Crippen LogP) is 2.78. The van der Waals surface area contributed by atoms with Crippen LogP contribution in [0.15, 0.2) is 27.3 Å². The summed E-state index contributed by atoms with van der Waals surface area (Å²) < 4.78 is 29.1. The zero-order chi connectivity index (χ0) is 14.2. The Labute approximate surface area is 125 Å². The molecule has 0 amide bonds. The van der Waals surface area contributed by atoms with Gasteiger partial charge in [-0.15, -0.1) is 0 Å². The maximum Gasteiger partial charge on any atom is 0.173 e. The van der Waals surface area contributed by atoms with Gasteiger partial charge < -0.3 is 0 Å². The second-order valence-electron chi connectivity index (χ2n) is 3.87. The molecule has 8 heteroatoms. The van der Waals surface area contributed by atoms with Crippen molar-refractivity contribution < 1.29 is 8.78 Å². The summed E-state index contributed by atoms with van der Waals surface area (Å²) in [6, 6.07) is 1.99. The minimum atomic E-state index is -0.948. The number of hydrogen-bond acceptors (Lipinski definition) is 3. The van der Waals surface area contributed by atoms with Gasteiger partial charge in [0, 0.05) is 7.05 Å². The molecule has 0 saturated heterocycles. The molecule has 0 aliphatic heterocycles. The second kappa shape index (κ2) is 5.66. The molecular formula is C11H10Br2F2N4. The van der Waals surface area contributed by atoms with Crippen LogP contribution in [-0.4, -0.2) is 9.78 Å². The van der Waals surface area contributed by atoms with Crippen molar-refractivity contribution >= 4 is 31.9 Å². The van der Waals surface area contributed by atoms with Crippen molar-refractivity contribution in [3.63, 3.8) is 0 Å². The topological polar surface area (TPSA) is 55.9 Å². The Kier molecular flexibility index (Phi) is 4.34. The average molecular weight is 396 g/mol. The van der Waals surface area contributed by atoms with Crippen LogP contribution < -0.4 is 11.3 Å². The molecule has 0 saturated carbocycles. The Balaban J connectivity index is 2.58. The molecule has 1 heterocycles. The van der Waals surface area contributed by atoms with Gasteiger partial charge in [0.25, 0.3) is 0 Å². The van der Waals surface area contributed by atoms with E-state index in [4.69, 9.17) is 5.84 Å². The Morgan fingerprint density at radius 1 is 1.37 bits per heavy atom. The van der Waals surface area contributed by atoms with Crippen molar-refractivity contribution in [1.82, 2.24) is 15.2 Å². The largest absolute Gasteiger partial charge is 0.271 e. The lowest BCUT2D eigenvalue weighted by atomic mass is 10.0. The molecular weight excluding hydrogens is 386 g/mol. The SMILES string of the molecule is Cn1ncc(Br)c1C(NN)c1ccc(F)c(F)c1Br. The number of aryl methyl sites for hydroxylation is 1. The first kappa shape index (κ1) is 14.6. The van der Waals surface area contributed by atoms with E-state index in [1.807, 2.05) is 0 Å². The number of benzene rings is 1. The number of nitrogens with zero attached hydrogens (tertiary/aromatic N) is 2. The van der Waals surface area contributed by atoms with Crippen molar-refractivity contribution in [3.05, 3.63) is 50.2 Å². The van der Waals surface area contributed by atoms with E-state index >= 15 is 0 Å². The molecule has 19 heavy (non-hydrogen) atoms. The minimum Gasteiger partial charge on any atom is -0.271 e. The lowest BCUT2D eigenvalue weighted by molar-refractivity contribution is 0.496. The monoisotopic (exact) mass is 394 g/mol. The Morgan fingerprint density at radius 3 is 2.58 bits per heavy atom. The molecule has 102 valence electrons. The van der Waals surface area contributed by atoms with E-state index in [0.717, 1.165) is 10.5 Å². The molecule has 0 spiro atoms. The van der Waals surface area contributed by atoms with Crippen molar-refractivity contribution in [2.75, 3.05) is 0 Å². The summed E-state index contributed by atoms with van der Waals surface area (Å²) in [5, 5.41) is 4.07. The van der Waals surface area contributed by atoms with Gasteiger partial charge in [0.15, 0.2) is 11.6 Å². The van der Waals surface area contributed by atoms with Crippen LogP contribution in [-0.2, 0) is 7.05 Å². The maximum atomic E-state index is 13.6. The van der Waals surface area contributed by atoms with Gasteiger partial charge in [0.05, 0.1) is 26.9 Å². The molecule has 0 aliphatic rings. The molecule has 0 bridgehead atoms. The number of nitrogens with one attached hydrogen (secondary N) is 1. The zero-order valence-corrected chi connectivity index (χ0v) is 13.0. The summed E-state index contributed by atoms with van der Waals surface area (Å²) in [6.45, 7) is 0. The van der Waals surface area contributed by atoms with Gasteiger partial charge in [-0.05, 0) is 43.5 Å². The molecule has 1 aromatic heterocycles. The van der Waals surface area contributed by atoms with Crippen LogP contribution in [0.2, 0.25) is 0 Å². The Morgan fingerprint density at radius 2 is 2.05 bits per heavy atom. The van der Waals surface area contributed by atoms with Gasteiger partial charge in [-0.2, -0.15) is 5.10 Å². The average Bonchev–Trinajstić information content (AvgIpc) is 2.71. The number of halogens is 4. The van der Waals surface area contributed by atoms with Crippen molar-refractivity contribution in [3.8, 4) is 0 Å². The van der Waals surface area contributed by atoms with Crippen molar-refractivity contribution in [2.45, 2.75) is 6.04 Å². The molecule has 0 aliphatic carbocycles. The molecule has 2 rings (SSSR count). The van der Waals surface area contributed by atoms with Crippen molar-refractivity contribution in [2.24, 2.45) is 12.9 Å². The maximum absolute atomic E-state index is 13.6. The highest BCUT2D eigenvalue weighted by Crippen LogP contribution is 2.33. The molecule has 1 unspecified atom stereocenters. The van der Waals surface area contributed by atoms with Crippen LogP contribution in [0.5, 0.6) is 0 Å². The number of nitrogens with two attached hydrogens (primary N) is 1. The van der Waals surface area contributed by atoms with Crippen LogP contribution >= 0.6 is 31.9 Å². The van der Waals surface area contributed by atoms with E-state index in [0.29, 0.717) is 11.3 Å². The molecule has 1 atom stereocenters. The fourth-order valence-electron chi connectivity index (χ4n) is 1.82. The smallest absolute Gasteiger partial charge is 0.173 e. The van der Waals surface area contributed by atoms with Crippen LogP contribution in [0.4, 0.5) is 8.78 Å². The van der Waals surface area contributed by atoms with E-state index in [9.17, 15) is 8.78 Å². The third-order valence-corrected chi connectivity index (χ3v) is 4.17. The van der Waals surface area contributed by atoms with Crippen LogP contribution in [0.3, 0.4) is 0 Å². The first-order chi connectivity index (χ1) is 8.97. The molecule has 2 aromatic rings. The molecule has 0 fully saturated rings. The summed E-state index contributed by atoms with van der Waals surface area (Å²) in [6.07, 6.45) is 1.60. The predicted molar refractivity (Wildman–Crippen MR) is 74.1 cm³/mol. The third kappa shape index (κ3) is 2.58. The number of aromatic nitrogens is 2. The summed E-state index contributed by atoms with van der Waals surface area (Å²) in [4.78, 5) is 0. The lowest BCUT2D eigenvalue weighted by Gasteiger charge is -2.19. The van der Waals surface area contributed by atoms with Crippen LogP contribution in [0.1, 0.15) is 17.3 Å². The van der Waals surface area contributed by atoms with E-state index < -0.39 is 17.7 Å². The highest BCUT2D eigenvalue weighted by molar-refractivity contribution is 9.10. The fraction of sp³-hybridized carbons (Fsp3) is 0.182. The quantitative estimate of drug-likeness (QED) is 0.477. The van der Waals surface area contributed by atoms with Crippen LogP contribution in [0.25, 0.3) is 0 Å². The normalized spacial score (nSPS) is 12.7. The van der Waals surface area contributed by atoms with E-state index in [-0.39, 0.29) is 4.47 Å². The summed E-state index contributed by atoms with van der Waals surface area (Å²) in [7, 11) is 1.73. The number of rotatable bonds is 3. The van der Waals surface area contributed by atoms with E-state index in [1.165, 1.54) is 6.07 Å². The van der Waals surface area contributed by atoms with Gasteiger partial charge in [0.1, 0.15) is 0 Å².